The summed E-state index contributed by atoms with van der Waals surface area (Å²) in [7, 11) is -3.69. The number of morpholine rings is 1. The molecule has 0 radical (unpaired) electrons. The molecule has 8 nitrogen and oxygen atoms in total. The molecule has 152 valence electrons. The zero-order valence-electron chi connectivity index (χ0n) is 15.4. The summed E-state index contributed by atoms with van der Waals surface area (Å²) in [5.41, 5.74) is 1.59. The first-order valence-corrected chi connectivity index (χ1v) is 10.9. The first-order chi connectivity index (χ1) is 13.9. The van der Waals surface area contributed by atoms with E-state index >= 15 is 0 Å². The standard InChI is InChI=1S/C19H19ClN4O4S/c20-16-5-4-15(29(26,27)24-7-9-28-10-8-24)12-17(16)22-19(25)11-14-13-23-6-2-1-3-18(23)21-14/h1-6,12-13H,7-11H2,(H,22,25). The van der Waals surface area contributed by atoms with E-state index in [1.807, 2.05) is 28.8 Å². The molecular formula is C19H19ClN4O4S. The van der Waals surface area contributed by atoms with E-state index in [0.717, 1.165) is 5.65 Å². The third kappa shape index (κ3) is 4.27. The molecule has 0 aliphatic carbocycles. The highest BCUT2D eigenvalue weighted by atomic mass is 35.5. The number of nitrogens with zero attached hydrogens (tertiary/aromatic N) is 3. The molecule has 0 spiro atoms. The van der Waals surface area contributed by atoms with E-state index in [2.05, 4.69) is 10.3 Å². The van der Waals surface area contributed by atoms with Crippen LogP contribution in [-0.2, 0) is 26.0 Å². The Bertz CT molecular complexity index is 1120. The Kier molecular flexibility index (Phi) is 5.55. The highest BCUT2D eigenvalue weighted by molar-refractivity contribution is 7.89. The number of hydrogen-bond donors (Lipinski definition) is 1. The van der Waals surface area contributed by atoms with E-state index in [0.29, 0.717) is 32.0 Å². The predicted octanol–water partition coefficient (Wildman–Crippen LogP) is 2.19. The van der Waals surface area contributed by atoms with Crippen molar-refractivity contribution in [2.24, 2.45) is 0 Å². The van der Waals surface area contributed by atoms with Crippen LogP contribution < -0.4 is 5.32 Å². The van der Waals surface area contributed by atoms with Crippen LogP contribution in [0.1, 0.15) is 5.69 Å². The number of carbonyl (C=O) groups is 1. The van der Waals surface area contributed by atoms with E-state index in [-0.39, 0.29) is 27.9 Å². The Morgan fingerprint density at radius 2 is 2.00 bits per heavy atom. The summed E-state index contributed by atoms with van der Waals surface area (Å²) >= 11 is 6.18. The van der Waals surface area contributed by atoms with Crippen molar-refractivity contribution in [2.45, 2.75) is 11.3 Å². The number of nitrogens with one attached hydrogen (secondary N) is 1. The van der Waals surface area contributed by atoms with Gasteiger partial charge in [-0.05, 0) is 30.3 Å². The summed E-state index contributed by atoms with van der Waals surface area (Å²) in [5, 5.41) is 2.95. The van der Waals surface area contributed by atoms with Crippen LogP contribution in [0, 0.1) is 0 Å². The fourth-order valence-corrected chi connectivity index (χ4v) is 4.73. The third-order valence-corrected chi connectivity index (χ3v) is 6.80. The summed E-state index contributed by atoms with van der Waals surface area (Å²) in [6.07, 6.45) is 3.66. The minimum absolute atomic E-state index is 0.0401. The molecule has 1 aromatic carbocycles. The van der Waals surface area contributed by atoms with Crippen LogP contribution in [0.5, 0.6) is 0 Å². The van der Waals surface area contributed by atoms with Gasteiger partial charge in [-0.2, -0.15) is 4.31 Å². The quantitative estimate of drug-likeness (QED) is 0.664. The van der Waals surface area contributed by atoms with Gasteiger partial charge in [0.25, 0.3) is 0 Å². The first-order valence-electron chi connectivity index (χ1n) is 9.03. The van der Waals surface area contributed by atoms with E-state index in [1.165, 1.54) is 22.5 Å². The molecule has 3 aromatic rings. The molecule has 1 N–H and O–H groups in total. The molecule has 0 atom stereocenters. The maximum absolute atomic E-state index is 12.8. The van der Waals surface area contributed by atoms with Crippen LogP contribution in [0.25, 0.3) is 5.65 Å². The number of fused-ring (bicyclic) bond motifs is 1. The number of anilines is 1. The number of hydrogen-bond acceptors (Lipinski definition) is 5. The van der Waals surface area contributed by atoms with Crippen molar-refractivity contribution in [1.82, 2.24) is 13.7 Å². The topological polar surface area (TPSA) is 93.0 Å². The molecule has 1 aliphatic heterocycles. The highest BCUT2D eigenvalue weighted by Gasteiger charge is 2.27. The number of sulfonamides is 1. The van der Waals surface area contributed by atoms with Gasteiger partial charge in [-0.15, -0.1) is 0 Å². The summed E-state index contributed by atoms with van der Waals surface area (Å²) in [5.74, 6) is -0.337. The molecule has 0 unspecified atom stereocenters. The summed E-state index contributed by atoms with van der Waals surface area (Å²) in [6.45, 7) is 1.30. The van der Waals surface area contributed by atoms with Gasteiger partial charge in [0, 0.05) is 25.5 Å². The smallest absolute Gasteiger partial charge is 0.243 e. The molecule has 29 heavy (non-hydrogen) atoms. The highest BCUT2D eigenvalue weighted by Crippen LogP contribution is 2.27. The Morgan fingerprint density at radius 1 is 1.21 bits per heavy atom. The second-order valence-corrected chi connectivity index (χ2v) is 8.93. The second-order valence-electron chi connectivity index (χ2n) is 6.58. The van der Waals surface area contributed by atoms with E-state index in [4.69, 9.17) is 16.3 Å². The van der Waals surface area contributed by atoms with Crippen LogP contribution in [0.15, 0.2) is 53.7 Å². The monoisotopic (exact) mass is 434 g/mol. The van der Waals surface area contributed by atoms with Crippen molar-refractivity contribution in [3.63, 3.8) is 0 Å². The zero-order valence-corrected chi connectivity index (χ0v) is 17.0. The Morgan fingerprint density at radius 3 is 2.76 bits per heavy atom. The molecule has 10 heteroatoms. The number of ether oxygens (including phenoxy) is 1. The van der Waals surface area contributed by atoms with Crippen LogP contribution in [0.2, 0.25) is 5.02 Å². The van der Waals surface area contributed by atoms with Crippen LogP contribution in [-0.4, -0.2) is 54.3 Å². The third-order valence-electron chi connectivity index (χ3n) is 4.58. The molecule has 0 bridgehead atoms. The SMILES string of the molecule is O=C(Cc1cn2ccccc2n1)Nc1cc(S(=O)(=O)N2CCOCC2)ccc1Cl. The van der Waals surface area contributed by atoms with Gasteiger partial charge in [0.15, 0.2) is 0 Å². The number of rotatable bonds is 5. The lowest BCUT2D eigenvalue weighted by molar-refractivity contribution is -0.115. The van der Waals surface area contributed by atoms with Gasteiger partial charge in [-0.1, -0.05) is 17.7 Å². The molecule has 0 saturated carbocycles. The van der Waals surface area contributed by atoms with Gasteiger partial charge in [0.2, 0.25) is 15.9 Å². The van der Waals surface area contributed by atoms with Gasteiger partial charge in [-0.3, -0.25) is 4.79 Å². The molecule has 1 amide bonds. The predicted molar refractivity (Wildman–Crippen MR) is 109 cm³/mol. The Balaban J connectivity index is 1.52. The average Bonchev–Trinajstić information content (AvgIpc) is 3.12. The molecule has 2 aromatic heterocycles. The van der Waals surface area contributed by atoms with Gasteiger partial charge < -0.3 is 14.5 Å². The van der Waals surface area contributed by atoms with Crippen molar-refractivity contribution in [1.29, 1.82) is 0 Å². The number of amides is 1. The number of carbonyl (C=O) groups excluding carboxylic acids is 1. The molecule has 1 aliphatic rings. The van der Waals surface area contributed by atoms with E-state index in [9.17, 15) is 13.2 Å². The largest absolute Gasteiger partial charge is 0.379 e. The van der Waals surface area contributed by atoms with Crippen molar-refractivity contribution in [2.75, 3.05) is 31.6 Å². The van der Waals surface area contributed by atoms with Crippen LogP contribution in [0.4, 0.5) is 5.69 Å². The Hall–Kier alpha value is -2.46. The molecule has 1 saturated heterocycles. The van der Waals surface area contributed by atoms with Gasteiger partial charge in [0.05, 0.1) is 40.9 Å². The second kappa shape index (κ2) is 8.11. The van der Waals surface area contributed by atoms with Gasteiger partial charge in [0.1, 0.15) is 5.65 Å². The maximum Gasteiger partial charge on any atom is 0.243 e. The minimum atomic E-state index is -3.69. The van der Waals surface area contributed by atoms with Crippen molar-refractivity contribution < 1.29 is 17.9 Å². The van der Waals surface area contributed by atoms with Crippen molar-refractivity contribution in [3.8, 4) is 0 Å². The number of aromatic nitrogens is 2. The Labute approximate surface area is 173 Å². The molecular weight excluding hydrogens is 416 g/mol. The minimum Gasteiger partial charge on any atom is -0.379 e. The molecule has 1 fully saturated rings. The van der Waals surface area contributed by atoms with E-state index < -0.39 is 10.0 Å². The number of imidazole rings is 1. The van der Waals surface area contributed by atoms with Crippen molar-refractivity contribution >= 4 is 38.9 Å². The van der Waals surface area contributed by atoms with Gasteiger partial charge in [-0.25, -0.2) is 13.4 Å². The van der Waals surface area contributed by atoms with Crippen LogP contribution >= 0.6 is 11.6 Å². The molecule has 3 heterocycles. The fraction of sp³-hybridized carbons (Fsp3) is 0.263. The summed E-state index contributed by atoms with van der Waals surface area (Å²) in [6, 6.07) is 9.87. The lowest BCUT2D eigenvalue weighted by Crippen LogP contribution is -2.40. The number of pyridine rings is 1. The normalized spacial score (nSPS) is 15.5. The van der Waals surface area contributed by atoms with Crippen LogP contribution in [0.3, 0.4) is 0 Å². The average molecular weight is 435 g/mol. The molecule has 4 rings (SSSR count). The lowest BCUT2D eigenvalue weighted by Gasteiger charge is -2.26. The van der Waals surface area contributed by atoms with Crippen molar-refractivity contribution in [3.05, 3.63) is 59.5 Å². The summed E-state index contributed by atoms with van der Waals surface area (Å²) < 4.78 is 34.1. The zero-order chi connectivity index (χ0) is 20.4. The number of benzene rings is 1. The summed E-state index contributed by atoms with van der Waals surface area (Å²) in [4.78, 5) is 16.9. The fourth-order valence-electron chi connectivity index (χ4n) is 3.13. The maximum atomic E-state index is 12.8. The first kappa shape index (κ1) is 19.8. The van der Waals surface area contributed by atoms with E-state index in [1.54, 1.807) is 6.20 Å². The lowest BCUT2D eigenvalue weighted by atomic mass is 10.2. The van der Waals surface area contributed by atoms with Gasteiger partial charge >= 0.3 is 0 Å². The number of halogens is 1.